The molecule has 1 atom stereocenters. The first-order chi connectivity index (χ1) is 7.79. The smallest absolute Gasteiger partial charge is 0.0701 e. The van der Waals surface area contributed by atoms with Crippen molar-refractivity contribution in [2.45, 2.75) is 44.6 Å². The van der Waals surface area contributed by atoms with Gasteiger partial charge in [0.05, 0.1) is 3.79 Å². The molecule has 1 aromatic heterocycles. The van der Waals surface area contributed by atoms with E-state index in [4.69, 9.17) is 0 Å². The van der Waals surface area contributed by atoms with Crippen molar-refractivity contribution in [2.75, 3.05) is 7.05 Å². The largest absolute Gasteiger partial charge is 0.313 e. The van der Waals surface area contributed by atoms with Gasteiger partial charge >= 0.3 is 0 Å². The Balaban J connectivity index is 1.94. The number of thiophene rings is 1. The van der Waals surface area contributed by atoms with E-state index in [1.165, 1.54) is 47.9 Å². The third kappa shape index (κ3) is 3.31. The Morgan fingerprint density at radius 3 is 2.75 bits per heavy atom. The molecule has 0 spiro atoms. The topological polar surface area (TPSA) is 12.0 Å². The van der Waals surface area contributed by atoms with Gasteiger partial charge in [-0.05, 0) is 52.3 Å². The molecule has 0 bridgehead atoms. The second kappa shape index (κ2) is 6.18. The summed E-state index contributed by atoms with van der Waals surface area (Å²) in [5.74, 6) is 0.935. The predicted octanol–water partition coefficient (Wildman–Crippen LogP) is 4.74. The number of halogens is 1. The molecule has 0 radical (unpaired) electrons. The summed E-state index contributed by atoms with van der Waals surface area (Å²) in [6.45, 7) is 0. The highest BCUT2D eigenvalue weighted by molar-refractivity contribution is 9.11. The van der Waals surface area contributed by atoms with E-state index < -0.39 is 0 Å². The summed E-state index contributed by atoms with van der Waals surface area (Å²) >= 11 is 5.33. The molecule has 16 heavy (non-hydrogen) atoms. The van der Waals surface area contributed by atoms with E-state index in [-0.39, 0.29) is 0 Å². The minimum atomic E-state index is 0.547. The molecular formula is C13H20BrNS. The van der Waals surface area contributed by atoms with Crippen LogP contribution in [0.3, 0.4) is 0 Å². The van der Waals surface area contributed by atoms with Gasteiger partial charge in [-0.1, -0.05) is 32.1 Å². The first-order valence-electron chi connectivity index (χ1n) is 6.21. The van der Waals surface area contributed by atoms with Crippen LogP contribution in [0.5, 0.6) is 0 Å². The standard InChI is InChI=1S/C13H20BrNS/c1-15-12(11-8-13(14)16-9-11)7-10-5-3-2-4-6-10/h8-10,12,15H,2-7H2,1H3. The van der Waals surface area contributed by atoms with Crippen molar-refractivity contribution in [3.05, 3.63) is 20.8 Å². The highest BCUT2D eigenvalue weighted by atomic mass is 79.9. The molecule has 1 saturated carbocycles. The van der Waals surface area contributed by atoms with Crippen LogP contribution in [0.15, 0.2) is 15.2 Å². The van der Waals surface area contributed by atoms with Gasteiger partial charge in [0.1, 0.15) is 0 Å². The van der Waals surface area contributed by atoms with Crippen LogP contribution in [-0.4, -0.2) is 7.05 Å². The summed E-state index contributed by atoms with van der Waals surface area (Å²) < 4.78 is 1.24. The highest BCUT2D eigenvalue weighted by Crippen LogP contribution is 2.34. The van der Waals surface area contributed by atoms with Crippen LogP contribution < -0.4 is 5.32 Å². The van der Waals surface area contributed by atoms with Crippen molar-refractivity contribution >= 4 is 27.3 Å². The van der Waals surface area contributed by atoms with Crippen molar-refractivity contribution in [1.82, 2.24) is 5.32 Å². The Morgan fingerprint density at radius 2 is 2.19 bits per heavy atom. The zero-order valence-corrected chi connectivity index (χ0v) is 12.2. The van der Waals surface area contributed by atoms with Gasteiger partial charge in [-0.25, -0.2) is 0 Å². The van der Waals surface area contributed by atoms with Gasteiger partial charge < -0.3 is 5.32 Å². The molecule has 1 aliphatic carbocycles. The molecule has 2 rings (SSSR count). The minimum absolute atomic E-state index is 0.547. The third-order valence-corrected chi connectivity index (χ3v) is 5.16. The van der Waals surface area contributed by atoms with Gasteiger partial charge in [0.2, 0.25) is 0 Å². The van der Waals surface area contributed by atoms with E-state index in [0.29, 0.717) is 6.04 Å². The Morgan fingerprint density at radius 1 is 1.44 bits per heavy atom. The maximum atomic E-state index is 3.55. The maximum absolute atomic E-state index is 3.55. The van der Waals surface area contributed by atoms with Crippen molar-refractivity contribution in [2.24, 2.45) is 5.92 Å². The van der Waals surface area contributed by atoms with Crippen LogP contribution in [0.2, 0.25) is 0 Å². The Kier molecular flexibility index (Phi) is 4.86. The lowest BCUT2D eigenvalue weighted by Gasteiger charge is -2.26. The number of hydrogen-bond donors (Lipinski definition) is 1. The van der Waals surface area contributed by atoms with Crippen LogP contribution in [0, 0.1) is 5.92 Å². The predicted molar refractivity (Wildman–Crippen MR) is 75.0 cm³/mol. The minimum Gasteiger partial charge on any atom is -0.313 e. The molecule has 0 saturated heterocycles. The number of hydrogen-bond acceptors (Lipinski definition) is 2. The molecule has 1 heterocycles. The number of nitrogens with one attached hydrogen (secondary N) is 1. The summed E-state index contributed by atoms with van der Waals surface area (Å²) in [6.07, 6.45) is 8.50. The summed E-state index contributed by atoms with van der Waals surface area (Å²) in [6, 6.07) is 2.81. The van der Waals surface area contributed by atoms with Crippen molar-refractivity contribution in [1.29, 1.82) is 0 Å². The molecule has 1 aromatic rings. The van der Waals surface area contributed by atoms with Gasteiger partial charge in [-0.3, -0.25) is 0 Å². The van der Waals surface area contributed by atoms with Gasteiger partial charge in [0.15, 0.2) is 0 Å². The van der Waals surface area contributed by atoms with Crippen molar-refractivity contribution < 1.29 is 0 Å². The first kappa shape index (κ1) is 12.6. The highest BCUT2D eigenvalue weighted by Gasteiger charge is 2.19. The quantitative estimate of drug-likeness (QED) is 0.847. The summed E-state index contributed by atoms with van der Waals surface area (Å²) in [7, 11) is 2.08. The van der Waals surface area contributed by atoms with Crippen LogP contribution in [0.1, 0.15) is 50.1 Å². The number of rotatable bonds is 4. The Bertz CT molecular complexity index is 317. The van der Waals surface area contributed by atoms with Gasteiger partial charge in [0, 0.05) is 6.04 Å². The molecule has 1 aliphatic rings. The van der Waals surface area contributed by atoms with Crippen LogP contribution in [0.25, 0.3) is 0 Å². The fourth-order valence-corrected chi connectivity index (χ4v) is 3.91. The summed E-state index contributed by atoms with van der Waals surface area (Å²) in [5, 5.41) is 5.74. The maximum Gasteiger partial charge on any atom is 0.0701 e. The fourth-order valence-electron chi connectivity index (χ4n) is 2.68. The molecule has 3 heteroatoms. The van der Waals surface area contributed by atoms with Crippen molar-refractivity contribution in [3.63, 3.8) is 0 Å². The zero-order valence-electron chi connectivity index (χ0n) is 9.84. The van der Waals surface area contributed by atoms with Crippen molar-refractivity contribution in [3.8, 4) is 0 Å². The van der Waals surface area contributed by atoms with Crippen LogP contribution >= 0.6 is 27.3 Å². The van der Waals surface area contributed by atoms with E-state index in [0.717, 1.165) is 5.92 Å². The molecule has 1 nitrogen and oxygen atoms in total. The van der Waals surface area contributed by atoms with E-state index in [9.17, 15) is 0 Å². The molecule has 1 fully saturated rings. The Labute approximate surface area is 111 Å². The monoisotopic (exact) mass is 301 g/mol. The van der Waals surface area contributed by atoms with Crippen LogP contribution in [0.4, 0.5) is 0 Å². The second-order valence-corrected chi connectivity index (χ2v) is 7.06. The van der Waals surface area contributed by atoms with Gasteiger partial charge in [0.25, 0.3) is 0 Å². The molecular weight excluding hydrogens is 282 g/mol. The first-order valence-corrected chi connectivity index (χ1v) is 7.88. The van der Waals surface area contributed by atoms with E-state index >= 15 is 0 Å². The van der Waals surface area contributed by atoms with Gasteiger partial charge in [-0.2, -0.15) is 0 Å². The lowest BCUT2D eigenvalue weighted by molar-refractivity contribution is 0.306. The summed E-state index contributed by atoms with van der Waals surface area (Å²) in [5.41, 5.74) is 1.45. The van der Waals surface area contributed by atoms with Gasteiger partial charge in [-0.15, -0.1) is 11.3 Å². The molecule has 0 aromatic carbocycles. The third-order valence-electron chi connectivity index (χ3n) is 3.63. The fraction of sp³-hybridized carbons (Fsp3) is 0.692. The molecule has 90 valence electrons. The van der Waals surface area contributed by atoms with E-state index in [1.54, 1.807) is 11.3 Å². The molecule has 1 N–H and O–H groups in total. The normalized spacial score (nSPS) is 19.9. The lowest BCUT2D eigenvalue weighted by atomic mass is 9.84. The van der Waals surface area contributed by atoms with Crippen LogP contribution in [-0.2, 0) is 0 Å². The average molecular weight is 302 g/mol. The zero-order chi connectivity index (χ0) is 11.4. The SMILES string of the molecule is CNC(CC1CCCCC1)c1csc(Br)c1. The van der Waals surface area contributed by atoms with E-state index in [2.05, 4.69) is 39.7 Å². The second-order valence-electron chi connectivity index (χ2n) is 4.77. The molecule has 0 aliphatic heterocycles. The molecule has 0 amide bonds. The average Bonchev–Trinajstić information content (AvgIpc) is 2.74. The summed E-state index contributed by atoms with van der Waals surface area (Å²) in [4.78, 5) is 0. The van der Waals surface area contributed by atoms with E-state index in [1.807, 2.05) is 0 Å². The molecule has 1 unspecified atom stereocenters. The Hall–Kier alpha value is 0.140. The lowest BCUT2D eigenvalue weighted by Crippen LogP contribution is -2.20.